The Morgan fingerprint density at radius 2 is 2.14 bits per heavy atom. The van der Waals surface area contributed by atoms with Crippen LogP contribution in [0.25, 0.3) is 0 Å². The van der Waals surface area contributed by atoms with Gasteiger partial charge in [0.25, 0.3) is 0 Å². The molecule has 1 heterocycles. The Balaban J connectivity index is 1.76. The number of amides is 1. The molecule has 0 bridgehead atoms. The number of carbonyl (C=O) groups excluding carboxylic acids is 1. The fourth-order valence-electron chi connectivity index (χ4n) is 3.30. The average molecular weight is 308 g/mol. The minimum Gasteiger partial charge on any atom is -0.378 e. The van der Waals surface area contributed by atoms with Gasteiger partial charge in [-0.05, 0) is 55.7 Å². The molecule has 1 aromatic rings. The van der Waals surface area contributed by atoms with Gasteiger partial charge in [-0.2, -0.15) is 0 Å². The third-order valence-corrected chi connectivity index (χ3v) is 5.27. The predicted molar refractivity (Wildman–Crippen MR) is 84.8 cm³/mol. The summed E-state index contributed by atoms with van der Waals surface area (Å²) in [6.07, 6.45) is 6.73. The molecular weight excluding hydrogens is 286 g/mol. The van der Waals surface area contributed by atoms with Gasteiger partial charge in [-0.3, -0.25) is 4.79 Å². The standard InChI is InChI=1S/C17H22ClNO2/c1-21-17(8-3-9-17)11-14(18)12-6-7-15-13(10-12)4-2-5-16(20)19-15/h6-7,10,14H,2-5,8-9,11H2,1H3,(H,19,20). The van der Waals surface area contributed by atoms with Gasteiger partial charge in [0.15, 0.2) is 0 Å². The molecule has 1 N–H and O–H groups in total. The number of anilines is 1. The van der Waals surface area contributed by atoms with E-state index in [9.17, 15) is 4.79 Å². The topological polar surface area (TPSA) is 38.3 Å². The third-order valence-electron chi connectivity index (χ3n) is 4.86. The van der Waals surface area contributed by atoms with Crippen molar-refractivity contribution >= 4 is 23.2 Å². The second-order valence-corrected chi connectivity index (χ2v) is 6.76. The highest BCUT2D eigenvalue weighted by molar-refractivity contribution is 6.20. The summed E-state index contributed by atoms with van der Waals surface area (Å²) in [5.41, 5.74) is 3.25. The molecule has 1 aromatic carbocycles. The molecule has 1 saturated carbocycles. The highest BCUT2D eigenvalue weighted by Gasteiger charge is 2.39. The van der Waals surface area contributed by atoms with Crippen LogP contribution in [0.2, 0.25) is 0 Å². The lowest BCUT2D eigenvalue weighted by atomic mass is 9.76. The summed E-state index contributed by atoms with van der Waals surface area (Å²) in [6.45, 7) is 0. The Kier molecular flexibility index (Phi) is 4.23. The summed E-state index contributed by atoms with van der Waals surface area (Å²) in [7, 11) is 1.79. The molecule has 4 heteroatoms. The number of aryl methyl sites for hydroxylation is 1. The monoisotopic (exact) mass is 307 g/mol. The lowest BCUT2D eigenvalue weighted by Crippen LogP contribution is -2.39. The molecule has 0 saturated heterocycles. The van der Waals surface area contributed by atoms with Crippen LogP contribution >= 0.6 is 11.6 Å². The van der Waals surface area contributed by atoms with E-state index in [1.165, 1.54) is 12.0 Å². The minimum absolute atomic E-state index is 0.0204. The first-order chi connectivity index (χ1) is 10.1. The number of methoxy groups -OCH3 is 1. The third kappa shape index (κ3) is 3.09. The molecule has 1 unspecified atom stereocenters. The lowest BCUT2D eigenvalue weighted by molar-refractivity contribution is -0.116. The van der Waals surface area contributed by atoms with E-state index >= 15 is 0 Å². The zero-order chi connectivity index (χ0) is 14.9. The zero-order valence-corrected chi connectivity index (χ0v) is 13.2. The summed E-state index contributed by atoms with van der Waals surface area (Å²) < 4.78 is 5.67. The van der Waals surface area contributed by atoms with Crippen molar-refractivity contribution in [2.45, 2.75) is 55.9 Å². The van der Waals surface area contributed by atoms with Gasteiger partial charge in [0.2, 0.25) is 5.91 Å². The first-order valence-electron chi connectivity index (χ1n) is 7.74. The smallest absolute Gasteiger partial charge is 0.224 e. The molecule has 1 amide bonds. The van der Waals surface area contributed by atoms with Crippen molar-refractivity contribution in [3.8, 4) is 0 Å². The van der Waals surface area contributed by atoms with Crippen molar-refractivity contribution in [1.29, 1.82) is 0 Å². The van der Waals surface area contributed by atoms with Crippen LogP contribution in [-0.4, -0.2) is 18.6 Å². The normalized spacial score (nSPS) is 21.7. The van der Waals surface area contributed by atoms with Crippen LogP contribution in [0, 0.1) is 0 Å². The van der Waals surface area contributed by atoms with E-state index in [0.717, 1.165) is 43.4 Å². The van der Waals surface area contributed by atoms with Gasteiger partial charge in [0, 0.05) is 19.2 Å². The first kappa shape index (κ1) is 14.9. The number of halogens is 1. The molecule has 1 aliphatic heterocycles. The molecule has 3 rings (SSSR count). The number of benzene rings is 1. The molecule has 114 valence electrons. The van der Waals surface area contributed by atoms with Gasteiger partial charge in [-0.1, -0.05) is 12.1 Å². The molecule has 0 radical (unpaired) electrons. The van der Waals surface area contributed by atoms with Crippen LogP contribution in [0.5, 0.6) is 0 Å². The number of carbonyl (C=O) groups is 1. The number of alkyl halides is 1. The van der Waals surface area contributed by atoms with E-state index in [-0.39, 0.29) is 16.9 Å². The van der Waals surface area contributed by atoms with E-state index in [0.29, 0.717) is 6.42 Å². The number of hydrogen-bond acceptors (Lipinski definition) is 2. The van der Waals surface area contributed by atoms with E-state index in [1.54, 1.807) is 7.11 Å². The van der Waals surface area contributed by atoms with Gasteiger partial charge in [-0.15, -0.1) is 11.6 Å². The van der Waals surface area contributed by atoms with E-state index < -0.39 is 0 Å². The Hall–Kier alpha value is -1.06. The molecule has 1 fully saturated rings. The molecule has 3 nitrogen and oxygen atoms in total. The Morgan fingerprint density at radius 3 is 2.81 bits per heavy atom. The highest BCUT2D eigenvalue weighted by Crippen LogP contribution is 2.44. The largest absolute Gasteiger partial charge is 0.378 e. The molecular formula is C17H22ClNO2. The molecule has 1 atom stereocenters. The fraction of sp³-hybridized carbons (Fsp3) is 0.588. The quantitative estimate of drug-likeness (QED) is 0.847. The van der Waals surface area contributed by atoms with Crippen molar-refractivity contribution in [2.75, 3.05) is 12.4 Å². The van der Waals surface area contributed by atoms with Crippen LogP contribution in [-0.2, 0) is 16.0 Å². The van der Waals surface area contributed by atoms with Crippen molar-refractivity contribution in [1.82, 2.24) is 0 Å². The number of ether oxygens (including phenoxy) is 1. The van der Waals surface area contributed by atoms with Crippen LogP contribution in [0.4, 0.5) is 5.69 Å². The second kappa shape index (κ2) is 5.98. The highest BCUT2D eigenvalue weighted by atomic mass is 35.5. The first-order valence-corrected chi connectivity index (χ1v) is 8.17. The van der Waals surface area contributed by atoms with Gasteiger partial charge in [-0.25, -0.2) is 0 Å². The van der Waals surface area contributed by atoms with E-state index in [2.05, 4.69) is 11.4 Å². The summed E-state index contributed by atoms with van der Waals surface area (Å²) in [5, 5.41) is 2.93. The van der Waals surface area contributed by atoms with Gasteiger partial charge < -0.3 is 10.1 Å². The maximum Gasteiger partial charge on any atom is 0.224 e. The van der Waals surface area contributed by atoms with Gasteiger partial charge in [0.1, 0.15) is 0 Å². The van der Waals surface area contributed by atoms with Crippen LogP contribution in [0.15, 0.2) is 18.2 Å². The SMILES string of the molecule is COC1(CC(Cl)c2ccc3c(c2)CCCC(=O)N3)CCC1. The minimum atomic E-state index is -0.0329. The number of hydrogen-bond donors (Lipinski definition) is 1. The lowest BCUT2D eigenvalue weighted by Gasteiger charge is -2.41. The number of fused-ring (bicyclic) bond motifs is 1. The van der Waals surface area contributed by atoms with Crippen LogP contribution < -0.4 is 5.32 Å². The summed E-state index contributed by atoms with van der Waals surface area (Å²) in [6, 6.07) is 6.17. The van der Waals surface area contributed by atoms with Crippen LogP contribution in [0.3, 0.4) is 0 Å². The van der Waals surface area contributed by atoms with Crippen molar-refractivity contribution in [3.63, 3.8) is 0 Å². The number of nitrogens with one attached hydrogen (secondary N) is 1. The summed E-state index contributed by atoms with van der Waals surface area (Å²) in [5.74, 6) is 0.108. The maximum atomic E-state index is 11.6. The van der Waals surface area contributed by atoms with Gasteiger partial charge in [0.05, 0.1) is 11.0 Å². The zero-order valence-electron chi connectivity index (χ0n) is 12.5. The fourth-order valence-corrected chi connectivity index (χ4v) is 3.71. The van der Waals surface area contributed by atoms with Crippen molar-refractivity contribution in [2.24, 2.45) is 0 Å². The van der Waals surface area contributed by atoms with Gasteiger partial charge >= 0.3 is 0 Å². The van der Waals surface area contributed by atoms with Crippen molar-refractivity contribution < 1.29 is 9.53 Å². The summed E-state index contributed by atoms with van der Waals surface area (Å²) in [4.78, 5) is 11.6. The molecule has 1 aliphatic carbocycles. The van der Waals surface area contributed by atoms with Crippen LogP contribution in [0.1, 0.15) is 55.0 Å². The number of rotatable bonds is 4. The Bertz CT molecular complexity index is 534. The molecule has 2 aliphatic rings. The molecule has 0 aromatic heterocycles. The predicted octanol–water partition coefficient (Wildman–Crippen LogP) is 4.20. The Labute approximate surface area is 131 Å². The molecule has 0 spiro atoms. The average Bonchev–Trinajstić information content (AvgIpc) is 2.62. The second-order valence-electron chi connectivity index (χ2n) is 6.23. The Morgan fingerprint density at radius 1 is 1.33 bits per heavy atom. The maximum absolute atomic E-state index is 11.6. The van der Waals surface area contributed by atoms with Crippen molar-refractivity contribution in [3.05, 3.63) is 29.3 Å². The van der Waals surface area contributed by atoms with E-state index in [1.807, 2.05) is 12.1 Å². The van der Waals surface area contributed by atoms with E-state index in [4.69, 9.17) is 16.3 Å². The molecule has 21 heavy (non-hydrogen) atoms. The summed E-state index contributed by atoms with van der Waals surface area (Å²) >= 11 is 6.63.